The molecule has 0 aliphatic rings. The van der Waals surface area contributed by atoms with Crippen LogP contribution >= 0.6 is 22.9 Å². The zero-order valence-electron chi connectivity index (χ0n) is 7.62. The summed E-state index contributed by atoms with van der Waals surface area (Å²) in [5, 5.41) is 8.04. The zero-order valence-corrected chi connectivity index (χ0v) is 9.20. The largest absolute Gasteiger partial charge is 0.419 e. The van der Waals surface area contributed by atoms with Crippen molar-refractivity contribution >= 4 is 22.9 Å². The van der Waals surface area contributed by atoms with Crippen molar-refractivity contribution in [1.29, 1.82) is 0 Å². The fourth-order valence-corrected chi connectivity index (χ4v) is 2.00. The van der Waals surface area contributed by atoms with Gasteiger partial charge in [-0.15, -0.1) is 21.5 Å². The summed E-state index contributed by atoms with van der Waals surface area (Å²) in [4.78, 5) is 0.620. The summed E-state index contributed by atoms with van der Waals surface area (Å²) in [5.41, 5.74) is -0.792. The molecule has 0 saturated carbocycles. The standard InChI is InChI=1S/C9H4ClF3N2S/c10-8-5(9(11,12)13)4-6(14-15-8)7-2-1-3-16-7/h1-4H. The second-order valence-corrected chi connectivity index (χ2v) is 4.21. The molecule has 84 valence electrons. The number of hydrogen-bond donors (Lipinski definition) is 0. The van der Waals surface area contributed by atoms with Crippen molar-refractivity contribution in [2.45, 2.75) is 6.18 Å². The van der Waals surface area contributed by atoms with Crippen LogP contribution in [-0.4, -0.2) is 10.2 Å². The van der Waals surface area contributed by atoms with Crippen LogP contribution in [0, 0.1) is 0 Å². The van der Waals surface area contributed by atoms with Gasteiger partial charge in [-0.2, -0.15) is 13.2 Å². The quantitative estimate of drug-likeness (QED) is 0.781. The summed E-state index contributed by atoms with van der Waals surface area (Å²) < 4.78 is 37.6. The molecule has 2 nitrogen and oxygen atoms in total. The molecule has 0 aliphatic carbocycles. The molecule has 7 heteroatoms. The van der Waals surface area contributed by atoms with E-state index in [0.29, 0.717) is 4.88 Å². The number of halogens is 4. The molecular weight excluding hydrogens is 261 g/mol. The molecule has 2 rings (SSSR count). The Morgan fingerprint density at radius 3 is 2.56 bits per heavy atom. The Labute approximate surface area is 97.7 Å². The maximum atomic E-state index is 12.5. The van der Waals surface area contributed by atoms with Gasteiger partial charge in [0, 0.05) is 0 Å². The third-order valence-corrected chi connectivity index (χ3v) is 3.00. The van der Waals surface area contributed by atoms with Crippen LogP contribution in [0.1, 0.15) is 5.56 Å². The van der Waals surface area contributed by atoms with Gasteiger partial charge in [0.05, 0.1) is 10.4 Å². The molecule has 0 amide bonds. The first kappa shape index (κ1) is 11.3. The van der Waals surface area contributed by atoms with Crippen molar-refractivity contribution in [2.75, 3.05) is 0 Å². The Hall–Kier alpha value is -1.14. The predicted octanol–water partition coefficient (Wildman–Crippen LogP) is 3.88. The van der Waals surface area contributed by atoms with E-state index in [1.54, 1.807) is 17.5 Å². The SMILES string of the molecule is FC(F)(F)c1cc(-c2cccs2)nnc1Cl. The lowest BCUT2D eigenvalue weighted by atomic mass is 10.2. The van der Waals surface area contributed by atoms with E-state index in [0.717, 1.165) is 6.07 Å². The van der Waals surface area contributed by atoms with Crippen LogP contribution in [0.2, 0.25) is 5.15 Å². The average Bonchev–Trinajstić information content (AvgIpc) is 2.69. The van der Waals surface area contributed by atoms with E-state index in [9.17, 15) is 13.2 Å². The molecule has 0 N–H and O–H groups in total. The van der Waals surface area contributed by atoms with Crippen LogP contribution in [-0.2, 0) is 6.18 Å². The van der Waals surface area contributed by atoms with Gasteiger partial charge in [-0.3, -0.25) is 0 Å². The van der Waals surface area contributed by atoms with Gasteiger partial charge in [0.1, 0.15) is 5.69 Å². The highest BCUT2D eigenvalue weighted by molar-refractivity contribution is 7.13. The van der Waals surface area contributed by atoms with Gasteiger partial charge >= 0.3 is 6.18 Å². The van der Waals surface area contributed by atoms with Gasteiger partial charge in [-0.05, 0) is 17.5 Å². The lowest BCUT2D eigenvalue weighted by Crippen LogP contribution is -2.08. The third kappa shape index (κ3) is 2.17. The van der Waals surface area contributed by atoms with Crippen LogP contribution in [0.4, 0.5) is 13.2 Å². The van der Waals surface area contributed by atoms with Crippen molar-refractivity contribution in [1.82, 2.24) is 10.2 Å². The highest BCUT2D eigenvalue weighted by Gasteiger charge is 2.34. The molecule has 0 spiro atoms. The van der Waals surface area contributed by atoms with Crippen molar-refractivity contribution in [2.24, 2.45) is 0 Å². The van der Waals surface area contributed by atoms with E-state index in [4.69, 9.17) is 11.6 Å². The van der Waals surface area contributed by atoms with Crippen LogP contribution in [0.5, 0.6) is 0 Å². The molecule has 0 unspecified atom stereocenters. The first-order valence-corrected chi connectivity index (χ1v) is 5.38. The Morgan fingerprint density at radius 2 is 2.00 bits per heavy atom. The number of alkyl halides is 3. The number of nitrogens with zero attached hydrogens (tertiary/aromatic N) is 2. The van der Waals surface area contributed by atoms with Gasteiger partial charge in [0.15, 0.2) is 5.15 Å². The highest BCUT2D eigenvalue weighted by Crippen LogP contribution is 2.35. The second kappa shape index (κ2) is 4.03. The third-order valence-electron chi connectivity index (χ3n) is 1.83. The van der Waals surface area contributed by atoms with Crippen LogP contribution in [0.25, 0.3) is 10.6 Å². The minimum absolute atomic E-state index is 0.173. The fraction of sp³-hybridized carbons (Fsp3) is 0.111. The molecule has 0 radical (unpaired) electrons. The van der Waals surface area contributed by atoms with Crippen LogP contribution in [0.3, 0.4) is 0 Å². The maximum Gasteiger partial charge on any atom is 0.419 e. The molecule has 0 aromatic carbocycles. The smallest absolute Gasteiger partial charge is 0.166 e. The van der Waals surface area contributed by atoms with Crippen LogP contribution < -0.4 is 0 Å². The maximum absolute atomic E-state index is 12.5. The van der Waals surface area contributed by atoms with Gasteiger partial charge in [-0.25, -0.2) is 0 Å². The molecule has 2 aromatic rings. The number of hydrogen-bond acceptors (Lipinski definition) is 3. The van der Waals surface area contributed by atoms with Crippen molar-refractivity contribution < 1.29 is 13.2 Å². The molecule has 0 aliphatic heterocycles. The summed E-state index contributed by atoms with van der Waals surface area (Å²) in [6.45, 7) is 0. The number of rotatable bonds is 1. The Bertz CT molecular complexity index is 496. The van der Waals surface area contributed by atoms with E-state index >= 15 is 0 Å². The minimum atomic E-state index is -4.51. The van der Waals surface area contributed by atoms with Gasteiger partial charge in [0.2, 0.25) is 0 Å². The normalized spacial score (nSPS) is 11.8. The lowest BCUT2D eigenvalue weighted by Gasteiger charge is -2.08. The highest BCUT2D eigenvalue weighted by atomic mass is 35.5. The average molecular weight is 265 g/mol. The zero-order chi connectivity index (χ0) is 11.8. The Balaban J connectivity index is 2.52. The Morgan fingerprint density at radius 1 is 1.25 bits per heavy atom. The Kier molecular flexibility index (Phi) is 2.86. The summed E-state index contributed by atoms with van der Waals surface area (Å²) in [6, 6.07) is 4.30. The van der Waals surface area contributed by atoms with Gasteiger partial charge in [-0.1, -0.05) is 17.7 Å². The van der Waals surface area contributed by atoms with E-state index in [1.807, 2.05) is 0 Å². The van der Waals surface area contributed by atoms with Crippen LogP contribution in [0.15, 0.2) is 23.6 Å². The monoisotopic (exact) mass is 264 g/mol. The van der Waals surface area contributed by atoms with Crippen molar-refractivity contribution in [3.05, 3.63) is 34.3 Å². The van der Waals surface area contributed by atoms with E-state index in [1.165, 1.54) is 11.3 Å². The first-order valence-electron chi connectivity index (χ1n) is 4.13. The fourth-order valence-electron chi connectivity index (χ4n) is 1.12. The molecule has 0 atom stereocenters. The predicted molar refractivity (Wildman–Crippen MR) is 55.4 cm³/mol. The summed E-state index contributed by atoms with van der Waals surface area (Å²) >= 11 is 6.64. The molecule has 0 fully saturated rings. The minimum Gasteiger partial charge on any atom is -0.166 e. The molecular formula is C9H4ClF3N2S. The van der Waals surface area contributed by atoms with E-state index < -0.39 is 16.9 Å². The molecule has 0 bridgehead atoms. The second-order valence-electron chi connectivity index (χ2n) is 2.91. The number of thiophene rings is 1. The summed E-state index contributed by atoms with van der Waals surface area (Å²) in [5.74, 6) is 0. The van der Waals surface area contributed by atoms with E-state index in [-0.39, 0.29) is 5.69 Å². The molecule has 0 saturated heterocycles. The summed E-state index contributed by atoms with van der Waals surface area (Å²) in [6.07, 6.45) is -4.51. The number of aromatic nitrogens is 2. The van der Waals surface area contributed by atoms with Crippen molar-refractivity contribution in [3.8, 4) is 10.6 Å². The van der Waals surface area contributed by atoms with Gasteiger partial charge in [0.25, 0.3) is 0 Å². The molecule has 2 aromatic heterocycles. The molecule has 2 heterocycles. The lowest BCUT2D eigenvalue weighted by molar-refractivity contribution is -0.137. The van der Waals surface area contributed by atoms with E-state index in [2.05, 4.69) is 10.2 Å². The summed E-state index contributed by atoms with van der Waals surface area (Å²) in [7, 11) is 0. The van der Waals surface area contributed by atoms with Crippen molar-refractivity contribution in [3.63, 3.8) is 0 Å². The topological polar surface area (TPSA) is 25.8 Å². The first-order chi connectivity index (χ1) is 7.48. The molecule has 16 heavy (non-hydrogen) atoms. The van der Waals surface area contributed by atoms with Gasteiger partial charge < -0.3 is 0 Å².